The number of rotatable bonds is 4. The first-order chi connectivity index (χ1) is 6.66. The summed E-state index contributed by atoms with van der Waals surface area (Å²) in [5.41, 5.74) is 6.78. The van der Waals surface area contributed by atoms with E-state index in [4.69, 9.17) is 22.1 Å². The van der Waals surface area contributed by atoms with E-state index in [9.17, 15) is 0 Å². The van der Waals surface area contributed by atoms with Crippen molar-refractivity contribution >= 4 is 11.6 Å². The summed E-state index contributed by atoms with van der Waals surface area (Å²) in [6.45, 7) is 4.65. The summed E-state index contributed by atoms with van der Waals surface area (Å²) in [5.74, 6) is 0.728. The van der Waals surface area contributed by atoms with Gasteiger partial charge in [0.15, 0.2) is 0 Å². The van der Waals surface area contributed by atoms with E-state index in [1.807, 2.05) is 25.1 Å². The Morgan fingerprint density at radius 3 is 2.79 bits per heavy atom. The molecule has 0 saturated heterocycles. The number of halogens is 1. The van der Waals surface area contributed by atoms with Gasteiger partial charge in [0.25, 0.3) is 0 Å². The summed E-state index contributed by atoms with van der Waals surface area (Å²) in [4.78, 5) is 0. The predicted octanol–water partition coefficient (Wildman–Crippen LogP) is 3.15. The van der Waals surface area contributed by atoms with E-state index in [1.54, 1.807) is 0 Å². The van der Waals surface area contributed by atoms with Crippen LogP contribution < -0.4 is 10.5 Å². The van der Waals surface area contributed by atoms with E-state index in [2.05, 4.69) is 6.92 Å². The molecule has 2 N–H and O–H groups in total. The molecule has 0 heterocycles. The van der Waals surface area contributed by atoms with Gasteiger partial charge in [0.2, 0.25) is 0 Å². The fourth-order valence-corrected chi connectivity index (χ4v) is 1.48. The molecule has 1 rings (SSSR count). The molecule has 0 radical (unpaired) electrons. The summed E-state index contributed by atoms with van der Waals surface area (Å²) in [6.07, 6.45) is 0.962. The maximum atomic E-state index is 6.03. The largest absolute Gasteiger partial charge is 0.492 e. The maximum absolute atomic E-state index is 6.03. The number of para-hydroxylation sites is 1. The molecule has 0 fully saturated rings. The molecule has 0 aromatic heterocycles. The zero-order valence-electron chi connectivity index (χ0n) is 8.59. The third kappa shape index (κ3) is 2.63. The predicted molar refractivity (Wildman–Crippen MR) is 59.8 cm³/mol. The van der Waals surface area contributed by atoms with Crippen LogP contribution in [0.1, 0.15) is 31.9 Å². The molecule has 14 heavy (non-hydrogen) atoms. The van der Waals surface area contributed by atoms with Crippen molar-refractivity contribution in [1.82, 2.24) is 0 Å². The molecule has 1 unspecified atom stereocenters. The van der Waals surface area contributed by atoms with Gasteiger partial charge in [0.1, 0.15) is 5.75 Å². The Morgan fingerprint density at radius 2 is 2.21 bits per heavy atom. The average Bonchev–Trinajstić information content (AvgIpc) is 2.15. The Bertz CT molecular complexity index is 299. The second kappa shape index (κ2) is 5.23. The smallest absolute Gasteiger partial charge is 0.142 e. The fraction of sp³-hybridized carbons (Fsp3) is 0.455. The summed E-state index contributed by atoms with van der Waals surface area (Å²) in [7, 11) is 0. The lowest BCUT2D eigenvalue weighted by Gasteiger charge is -2.14. The first-order valence-corrected chi connectivity index (χ1v) is 5.21. The van der Waals surface area contributed by atoms with Crippen LogP contribution in [0.4, 0.5) is 0 Å². The minimum Gasteiger partial charge on any atom is -0.492 e. The standard InChI is InChI=1S/C11H16ClNO/c1-3-7-14-11-9(8(2)13)5-4-6-10(11)12/h4-6,8H,3,7,13H2,1-2H3. The lowest BCUT2D eigenvalue weighted by atomic mass is 10.1. The quantitative estimate of drug-likeness (QED) is 0.834. The van der Waals surface area contributed by atoms with E-state index in [0.29, 0.717) is 11.6 Å². The SMILES string of the molecule is CCCOc1c(Cl)cccc1C(C)N. The van der Waals surface area contributed by atoms with Gasteiger partial charge in [-0.3, -0.25) is 0 Å². The third-order valence-corrected chi connectivity index (χ3v) is 2.24. The normalized spacial score (nSPS) is 12.6. The van der Waals surface area contributed by atoms with Crippen molar-refractivity contribution < 1.29 is 4.74 Å². The van der Waals surface area contributed by atoms with Crippen molar-refractivity contribution in [2.75, 3.05) is 6.61 Å². The first kappa shape index (κ1) is 11.3. The van der Waals surface area contributed by atoms with Crippen LogP contribution in [-0.4, -0.2) is 6.61 Å². The maximum Gasteiger partial charge on any atom is 0.142 e. The summed E-state index contributed by atoms with van der Waals surface area (Å²) < 4.78 is 5.57. The van der Waals surface area contributed by atoms with Crippen molar-refractivity contribution in [2.45, 2.75) is 26.3 Å². The van der Waals surface area contributed by atoms with Crippen molar-refractivity contribution in [3.05, 3.63) is 28.8 Å². The average molecular weight is 214 g/mol. The molecule has 0 spiro atoms. The highest BCUT2D eigenvalue weighted by Crippen LogP contribution is 2.31. The number of nitrogens with two attached hydrogens (primary N) is 1. The van der Waals surface area contributed by atoms with Crippen LogP contribution in [-0.2, 0) is 0 Å². The van der Waals surface area contributed by atoms with Crippen LogP contribution in [0.5, 0.6) is 5.75 Å². The molecule has 0 bridgehead atoms. The van der Waals surface area contributed by atoms with Gasteiger partial charge >= 0.3 is 0 Å². The number of benzene rings is 1. The number of hydrogen-bond donors (Lipinski definition) is 1. The molecule has 0 aliphatic rings. The highest BCUT2D eigenvalue weighted by Gasteiger charge is 2.10. The topological polar surface area (TPSA) is 35.2 Å². The minimum absolute atomic E-state index is 0.0550. The van der Waals surface area contributed by atoms with Crippen LogP contribution >= 0.6 is 11.6 Å². The molecule has 1 atom stereocenters. The van der Waals surface area contributed by atoms with Gasteiger partial charge in [-0.2, -0.15) is 0 Å². The molecule has 0 amide bonds. The molecule has 78 valence electrons. The summed E-state index contributed by atoms with van der Waals surface area (Å²) in [5, 5.41) is 0.633. The first-order valence-electron chi connectivity index (χ1n) is 4.83. The van der Waals surface area contributed by atoms with Crippen molar-refractivity contribution in [2.24, 2.45) is 5.73 Å². The van der Waals surface area contributed by atoms with E-state index < -0.39 is 0 Å². The van der Waals surface area contributed by atoms with E-state index in [1.165, 1.54) is 0 Å². The van der Waals surface area contributed by atoms with Crippen LogP contribution in [0.25, 0.3) is 0 Å². The molecule has 0 saturated carbocycles. The second-order valence-corrected chi connectivity index (χ2v) is 3.70. The highest BCUT2D eigenvalue weighted by atomic mass is 35.5. The summed E-state index contributed by atoms with van der Waals surface area (Å²) in [6, 6.07) is 5.60. The van der Waals surface area contributed by atoms with Crippen molar-refractivity contribution in [1.29, 1.82) is 0 Å². The molecule has 2 nitrogen and oxygen atoms in total. The van der Waals surface area contributed by atoms with Gasteiger partial charge in [0, 0.05) is 11.6 Å². The van der Waals surface area contributed by atoms with Gasteiger partial charge in [-0.25, -0.2) is 0 Å². The number of ether oxygens (including phenoxy) is 1. The molecule has 0 aliphatic carbocycles. The minimum atomic E-state index is -0.0550. The Balaban J connectivity index is 2.96. The van der Waals surface area contributed by atoms with E-state index in [0.717, 1.165) is 17.7 Å². The van der Waals surface area contributed by atoms with Gasteiger partial charge in [-0.05, 0) is 19.4 Å². The van der Waals surface area contributed by atoms with Crippen molar-refractivity contribution in [3.63, 3.8) is 0 Å². The number of hydrogen-bond acceptors (Lipinski definition) is 2. The van der Waals surface area contributed by atoms with Gasteiger partial charge in [-0.15, -0.1) is 0 Å². The Labute approximate surface area is 90.0 Å². The van der Waals surface area contributed by atoms with Crippen molar-refractivity contribution in [3.8, 4) is 5.75 Å². The molecular weight excluding hydrogens is 198 g/mol. The van der Waals surface area contributed by atoms with Crippen LogP contribution in [0.3, 0.4) is 0 Å². The van der Waals surface area contributed by atoms with Crippen LogP contribution in [0.2, 0.25) is 5.02 Å². The Hall–Kier alpha value is -0.730. The van der Waals surface area contributed by atoms with E-state index >= 15 is 0 Å². The third-order valence-electron chi connectivity index (χ3n) is 1.94. The lowest BCUT2D eigenvalue weighted by Crippen LogP contribution is -2.08. The Morgan fingerprint density at radius 1 is 1.50 bits per heavy atom. The fourth-order valence-electron chi connectivity index (χ4n) is 1.24. The van der Waals surface area contributed by atoms with Gasteiger partial charge in [-0.1, -0.05) is 30.7 Å². The van der Waals surface area contributed by atoms with Gasteiger partial charge in [0.05, 0.1) is 11.6 Å². The van der Waals surface area contributed by atoms with Crippen LogP contribution in [0, 0.1) is 0 Å². The van der Waals surface area contributed by atoms with E-state index in [-0.39, 0.29) is 6.04 Å². The van der Waals surface area contributed by atoms with Crippen LogP contribution in [0.15, 0.2) is 18.2 Å². The monoisotopic (exact) mass is 213 g/mol. The zero-order chi connectivity index (χ0) is 10.6. The van der Waals surface area contributed by atoms with Gasteiger partial charge < -0.3 is 10.5 Å². The molecule has 3 heteroatoms. The zero-order valence-corrected chi connectivity index (χ0v) is 9.34. The molecule has 1 aromatic rings. The summed E-state index contributed by atoms with van der Waals surface area (Å²) >= 11 is 6.03. The Kier molecular flexibility index (Phi) is 4.23. The molecule has 0 aliphatic heterocycles. The molecule has 1 aromatic carbocycles. The second-order valence-electron chi connectivity index (χ2n) is 3.30. The lowest BCUT2D eigenvalue weighted by molar-refractivity contribution is 0.313. The highest BCUT2D eigenvalue weighted by molar-refractivity contribution is 6.32. The molecular formula is C11H16ClNO.